The molecule has 1 aromatic heterocycles. The van der Waals surface area contributed by atoms with E-state index in [-0.39, 0.29) is 24.0 Å². The van der Waals surface area contributed by atoms with Crippen molar-refractivity contribution in [3.05, 3.63) is 46.7 Å². The SMILES string of the molecule is COc1cccc(OCCCN=C(N)NCCc2cccs2)c1.I. The van der Waals surface area contributed by atoms with Gasteiger partial charge in [-0.2, -0.15) is 0 Å². The van der Waals surface area contributed by atoms with Gasteiger partial charge in [-0.1, -0.05) is 12.1 Å². The van der Waals surface area contributed by atoms with Crippen LogP contribution in [0.3, 0.4) is 0 Å². The second-order valence-corrected chi connectivity index (χ2v) is 5.94. The minimum absolute atomic E-state index is 0. The van der Waals surface area contributed by atoms with Crippen LogP contribution in [-0.2, 0) is 6.42 Å². The van der Waals surface area contributed by atoms with E-state index < -0.39 is 0 Å². The van der Waals surface area contributed by atoms with Crippen molar-refractivity contribution in [1.29, 1.82) is 0 Å². The van der Waals surface area contributed by atoms with Crippen LogP contribution in [0.2, 0.25) is 0 Å². The zero-order chi connectivity index (χ0) is 16.3. The molecule has 0 unspecified atom stereocenters. The van der Waals surface area contributed by atoms with Gasteiger partial charge in [-0.3, -0.25) is 4.99 Å². The maximum Gasteiger partial charge on any atom is 0.188 e. The van der Waals surface area contributed by atoms with Crippen LogP contribution in [0.1, 0.15) is 11.3 Å². The summed E-state index contributed by atoms with van der Waals surface area (Å²) in [6, 6.07) is 11.7. The number of rotatable bonds is 9. The topological polar surface area (TPSA) is 68.9 Å². The van der Waals surface area contributed by atoms with Gasteiger partial charge in [0.1, 0.15) is 11.5 Å². The van der Waals surface area contributed by atoms with E-state index in [9.17, 15) is 0 Å². The van der Waals surface area contributed by atoms with Crippen molar-refractivity contribution in [2.45, 2.75) is 12.8 Å². The highest BCUT2D eigenvalue weighted by atomic mass is 127. The first-order valence-electron chi connectivity index (χ1n) is 7.61. The Bertz CT molecular complexity index is 606. The summed E-state index contributed by atoms with van der Waals surface area (Å²) in [5, 5.41) is 5.20. The zero-order valence-corrected chi connectivity index (χ0v) is 16.9. The van der Waals surface area contributed by atoms with E-state index in [1.54, 1.807) is 18.4 Å². The predicted octanol–water partition coefficient (Wildman–Crippen LogP) is 3.29. The molecule has 0 saturated heterocycles. The van der Waals surface area contributed by atoms with Gasteiger partial charge in [-0.15, -0.1) is 35.3 Å². The summed E-state index contributed by atoms with van der Waals surface area (Å²) in [5.74, 6) is 2.08. The number of ether oxygens (including phenoxy) is 2. The Morgan fingerprint density at radius 1 is 1.25 bits per heavy atom. The van der Waals surface area contributed by atoms with Gasteiger partial charge in [0.2, 0.25) is 0 Å². The minimum atomic E-state index is 0. The maximum absolute atomic E-state index is 5.83. The molecule has 1 aromatic carbocycles. The number of thiophene rings is 1. The third-order valence-electron chi connectivity index (χ3n) is 3.15. The Balaban J connectivity index is 0.00000288. The Morgan fingerprint density at radius 2 is 2.08 bits per heavy atom. The fraction of sp³-hybridized carbons (Fsp3) is 0.353. The highest BCUT2D eigenvalue weighted by molar-refractivity contribution is 14.0. The van der Waals surface area contributed by atoms with Crippen molar-refractivity contribution in [3.63, 3.8) is 0 Å². The number of benzene rings is 1. The third-order valence-corrected chi connectivity index (χ3v) is 4.09. The number of methoxy groups -OCH3 is 1. The van der Waals surface area contributed by atoms with Crippen molar-refractivity contribution < 1.29 is 9.47 Å². The van der Waals surface area contributed by atoms with Gasteiger partial charge in [0.25, 0.3) is 0 Å². The summed E-state index contributed by atoms with van der Waals surface area (Å²) in [5.41, 5.74) is 5.83. The number of halogens is 1. The molecule has 3 N–H and O–H groups in total. The van der Waals surface area contributed by atoms with Crippen LogP contribution >= 0.6 is 35.3 Å². The number of nitrogens with zero attached hydrogens (tertiary/aromatic N) is 1. The lowest BCUT2D eigenvalue weighted by Gasteiger charge is -2.07. The lowest BCUT2D eigenvalue weighted by molar-refractivity contribution is 0.311. The minimum Gasteiger partial charge on any atom is -0.497 e. The van der Waals surface area contributed by atoms with Crippen molar-refractivity contribution in [2.24, 2.45) is 10.7 Å². The second kappa shape index (κ2) is 12.0. The molecule has 24 heavy (non-hydrogen) atoms. The molecule has 0 radical (unpaired) electrons. The van der Waals surface area contributed by atoms with Gasteiger partial charge in [-0.25, -0.2) is 0 Å². The molecule has 0 saturated carbocycles. The van der Waals surface area contributed by atoms with Crippen LogP contribution in [0.4, 0.5) is 0 Å². The monoisotopic (exact) mass is 461 g/mol. The van der Waals surface area contributed by atoms with Crippen molar-refractivity contribution in [2.75, 3.05) is 26.8 Å². The number of guanidine groups is 1. The van der Waals surface area contributed by atoms with Gasteiger partial charge in [-0.05, 0) is 30.0 Å². The van der Waals surface area contributed by atoms with Gasteiger partial charge < -0.3 is 20.5 Å². The molecule has 0 spiro atoms. The molecular formula is C17H24IN3O2S. The molecule has 5 nitrogen and oxygen atoms in total. The second-order valence-electron chi connectivity index (χ2n) is 4.90. The quantitative estimate of drug-likeness (QED) is 0.260. The molecule has 0 fully saturated rings. The first-order chi connectivity index (χ1) is 11.3. The van der Waals surface area contributed by atoms with Crippen LogP contribution in [0.5, 0.6) is 11.5 Å². The van der Waals surface area contributed by atoms with Crippen molar-refractivity contribution in [3.8, 4) is 11.5 Å². The number of nitrogens with one attached hydrogen (secondary N) is 1. The maximum atomic E-state index is 5.83. The molecule has 7 heteroatoms. The summed E-state index contributed by atoms with van der Waals surface area (Å²) in [6.07, 6.45) is 1.78. The number of hydrogen-bond donors (Lipinski definition) is 2. The average Bonchev–Trinajstić information content (AvgIpc) is 3.08. The van der Waals surface area contributed by atoms with E-state index in [0.717, 1.165) is 30.9 Å². The number of hydrogen-bond acceptors (Lipinski definition) is 4. The van der Waals surface area contributed by atoms with E-state index >= 15 is 0 Å². The lowest BCUT2D eigenvalue weighted by atomic mass is 10.3. The Labute approximate surface area is 164 Å². The normalized spacial score (nSPS) is 10.8. The number of aliphatic imine (C=N–C) groups is 1. The standard InChI is InChI=1S/C17H23N3O2S.HI/c1-21-14-5-2-6-15(13-14)22-11-4-9-19-17(18)20-10-8-16-7-3-12-23-16;/h2-3,5-7,12-13H,4,8-11H2,1H3,(H3,18,19,20);1H. The predicted molar refractivity (Wildman–Crippen MR) is 111 cm³/mol. The summed E-state index contributed by atoms with van der Waals surface area (Å²) in [4.78, 5) is 5.63. The summed E-state index contributed by atoms with van der Waals surface area (Å²) >= 11 is 1.75. The average molecular weight is 461 g/mol. The van der Waals surface area contributed by atoms with Crippen LogP contribution in [0, 0.1) is 0 Å². The van der Waals surface area contributed by atoms with Crippen molar-refractivity contribution >= 4 is 41.3 Å². The smallest absolute Gasteiger partial charge is 0.188 e. The third kappa shape index (κ3) is 7.87. The van der Waals surface area contributed by atoms with E-state index in [0.29, 0.717) is 19.1 Å². The molecule has 0 aliphatic carbocycles. The Kier molecular flexibility index (Phi) is 10.3. The fourth-order valence-corrected chi connectivity index (χ4v) is 2.68. The molecule has 0 bridgehead atoms. The molecule has 0 amide bonds. The highest BCUT2D eigenvalue weighted by Gasteiger charge is 1.97. The van der Waals surface area contributed by atoms with E-state index in [1.165, 1.54) is 4.88 Å². The molecule has 132 valence electrons. The van der Waals surface area contributed by atoms with Crippen LogP contribution in [-0.4, -0.2) is 32.8 Å². The van der Waals surface area contributed by atoms with Crippen LogP contribution < -0.4 is 20.5 Å². The largest absolute Gasteiger partial charge is 0.497 e. The molecule has 0 aliphatic heterocycles. The van der Waals surface area contributed by atoms with E-state index in [2.05, 4.69) is 27.8 Å². The van der Waals surface area contributed by atoms with Crippen molar-refractivity contribution in [1.82, 2.24) is 5.32 Å². The summed E-state index contributed by atoms with van der Waals surface area (Å²) < 4.78 is 10.8. The lowest BCUT2D eigenvalue weighted by Crippen LogP contribution is -2.33. The summed E-state index contributed by atoms with van der Waals surface area (Å²) in [7, 11) is 1.64. The fourth-order valence-electron chi connectivity index (χ4n) is 1.97. The van der Waals surface area contributed by atoms with Gasteiger partial charge in [0.15, 0.2) is 5.96 Å². The summed E-state index contributed by atoms with van der Waals surface area (Å²) in [6.45, 7) is 2.04. The first-order valence-corrected chi connectivity index (χ1v) is 8.49. The molecule has 0 atom stereocenters. The molecule has 0 aliphatic rings. The van der Waals surface area contributed by atoms with Crippen LogP contribution in [0.15, 0.2) is 46.8 Å². The molecular weight excluding hydrogens is 437 g/mol. The molecule has 2 rings (SSSR count). The molecule has 2 aromatic rings. The Morgan fingerprint density at radius 3 is 2.83 bits per heavy atom. The van der Waals surface area contributed by atoms with Gasteiger partial charge in [0.05, 0.1) is 13.7 Å². The first kappa shape index (κ1) is 20.6. The van der Waals surface area contributed by atoms with E-state index in [1.807, 2.05) is 24.3 Å². The molecule has 1 heterocycles. The van der Waals surface area contributed by atoms with Gasteiger partial charge >= 0.3 is 0 Å². The zero-order valence-electron chi connectivity index (χ0n) is 13.7. The highest BCUT2D eigenvalue weighted by Crippen LogP contribution is 2.18. The number of nitrogens with two attached hydrogens (primary N) is 1. The van der Waals surface area contributed by atoms with E-state index in [4.69, 9.17) is 15.2 Å². The van der Waals surface area contributed by atoms with Gasteiger partial charge in [0, 0.05) is 30.5 Å². The Hall–Kier alpha value is -1.48. The van der Waals surface area contributed by atoms with Crippen LogP contribution in [0.25, 0.3) is 0 Å².